The van der Waals surface area contributed by atoms with E-state index in [1.165, 1.54) is 12.1 Å². The number of aryl methyl sites for hydroxylation is 1. The van der Waals surface area contributed by atoms with Gasteiger partial charge in [-0.2, -0.15) is 0 Å². The van der Waals surface area contributed by atoms with E-state index in [0.29, 0.717) is 13.1 Å². The molecule has 0 aliphatic rings. The summed E-state index contributed by atoms with van der Waals surface area (Å²) < 4.78 is 13.0. The maximum absolute atomic E-state index is 13.0. The lowest BCUT2D eigenvalue weighted by Gasteiger charge is -2.14. The smallest absolute Gasteiger partial charge is 0.236 e. The predicted octanol–water partition coefficient (Wildman–Crippen LogP) is 2.18. The molecule has 0 fully saturated rings. The molecule has 1 rings (SSSR count). The summed E-state index contributed by atoms with van der Waals surface area (Å²) in [5.41, 5.74) is 2.06. The molecule has 0 aliphatic carbocycles. The molecule has 1 amide bonds. The van der Waals surface area contributed by atoms with Gasteiger partial charge in [-0.25, -0.2) is 4.39 Å². The summed E-state index contributed by atoms with van der Waals surface area (Å²) in [7, 11) is 0. The Morgan fingerprint density at radius 2 is 2.11 bits per heavy atom. The predicted molar refractivity (Wildman–Crippen MR) is 75.6 cm³/mol. The first kappa shape index (κ1) is 15.6. The highest BCUT2D eigenvalue weighted by atomic mass is 19.1. The maximum atomic E-state index is 13.0. The number of rotatable bonds is 7. The molecule has 19 heavy (non-hydrogen) atoms. The van der Waals surface area contributed by atoms with Crippen molar-refractivity contribution in [1.82, 2.24) is 10.6 Å². The van der Waals surface area contributed by atoms with Crippen molar-refractivity contribution < 1.29 is 9.18 Å². The van der Waals surface area contributed by atoms with Gasteiger partial charge in [-0.05, 0) is 56.5 Å². The van der Waals surface area contributed by atoms with E-state index in [1.807, 2.05) is 20.8 Å². The second kappa shape index (κ2) is 7.89. The number of carbonyl (C=O) groups excluding carboxylic acids is 1. The van der Waals surface area contributed by atoms with Gasteiger partial charge in [0.1, 0.15) is 5.82 Å². The van der Waals surface area contributed by atoms with E-state index < -0.39 is 0 Å². The third-order valence-corrected chi connectivity index (χ3v) is 3.09. The summed E-state index contributed by atoms with van der Waals surface area (Å²) in [6, 6.07) is 4.60. The molecule has 2 N–H and O–H groups in total. The first-order valence-electron chi connectivity index (χ1n) is 6.80. The highest BCUT2D eigenvalue weighted by molar-refractivity contribution is 5.81. The van der Waals surface area contributed by atoms with Gasteiger partial charge >= 0.3 is 0 Å². The molecular weight excluding hydrogens is 243 g/mol. The number of hydrogen-bond donors (Lipinski definition) is 2. The Kier molecular flexibility index (Phi) is 6.50. The van der Waals surface area contributed by atoms with Crippen molar-refractivity contribution in [3.05, 3.63) is 35.1 Å². The Bertz CT molecular complexity index is 421. The average Bonchev–Trinajstić information content (AvgIpc) is 2.38. The van der Waals surface area contributed by atoms with Crippen LogP contribution in [0.25, 0.3) is 0 Å². The molecule has 0 bridgehead atoms. The maximum Gasteiger partial charge on any atom is 0.236 e. The Labute approximate surface area is 114 Å². The van der Waals surface area contributed by atoms with Crippen LogP contribution in [0.5, 0.6) is 0 Å². The molecule has 0 spiro atoms. The third-order valence-electron chi connectivity index (χ3n) is 3.09. The normalized spacial score (nSPS) is 12.2. The standard InChI is InChI=1S/C15H23FN2O/c1-4-8-18-15(19)12(3)17-9-7-13-5-6-14(16)10-11(13)2/h5-6,10,12,17H,4,7-9H2,1-3H3,(H,18,19). The van der Waals surface area contributed by atoms with E-state index in [1.54, 1.807) is 6.07 Å². The van der Waals surface area contributed by atoms with Crippen LogP contribution in [0.15, 0.2) is 18.2 Å². The van der Waals surface area contributed by atoms with E-state index in [2.05, 4.69) is 10.6 Å². The molecule has 1 atom stereocenters. The van der Waals surface area contributed by atoms with Gasteiger partial charge in [0, 0.05) is 6.54 Å². The summed E-state index contributed by atoms with van der Waals surface area (Å²) in [5, 5.41) is 6.02. The average molecular weight is 266 g/mol. The lowest BCUT2D eigenvalue weighted by atomic mass is 10.1. The van der Waals surface area contributed by atoms with Crippen LogP contribution >= 0.6 is 0 Å². The fraction of sp³-hybridized carbons (Fsp3) is 0.533. The zero-order valence-corrected chi connectivity index (χ0v) is 11.9. The van der Waals surface area contributed by atoms with Crippen LogP contribution in [0, 0.1) is 12.7 Å². The molecule has 0 saturated carbocycles. The molecule has 1 unspecified atom stereocenters. The minimum atomic E-state index is -0.207. The van der Waals surface area contributed by atoms with Crippen molar-refractivity contribution in [1.29, 1.82) is 0 Å². The summed E-state index contributed by atoms with van der Waals surface area (Å²) >= 11 is 0. The van der Waals surface area contributed by atoms with Gasteiger partial charge in [0.15, 0.2) is 0 Å². The van der Waals surface area contributed by atoms with Crippen LogP contribution in [-0.4, -0.2) is 25.0 Å². The number of benzene rings is 1. The van der Waals surface area contributed by atoms with E-state index in [9.17, 15) is 9.18 Å². The number of amides is 1. The molecule has 0 radical (unpaired) electrons. The second-order valence-corrected chi connectivity index (χ2v) is 4.79. The van der Waals surface area contributed by atoms with Gasteiger partial charge in [-0.3, -0.25) is 4.79 Å². The van der Waals surface area contributed by atoms with Crippen molar-refractivity contribution in [3.63, 3.8) is 0 Å². The second-order valence-electron chi connectivity index (χ2n) is 4.79. The highest BCUT2D eigenvalue weighted by Crippen LogP contribution is 2.10. The molecule has 0 saturated heterocycles. The van der Waals surface area contributed by atoms with Gasteiger partial charge in [0.2, 0.25) is 5.91 Å². The lowest BCUT2D eigenvalue weighted by Crippen LogP contribution is -2.43. The Morgan fingerprint density at radius 1 is 1.37 bits per heavy atom. The fourth-order valence-electron chi connectivity index (χ4n) is 1.86. The van der Waals surface area contributed by atoms with Crippen LogP contribution in [0.2, 0.25) is 0 Å². The Balaban J connectivity index is 2.35. The van der Waals surface area contributed by atoms with Crippen molar-refractivity contribution in [2.24, 2.45) is 0 Å². The molecule has 4 heteroatoms. The number of nitrogens with one attached hydrogen (secondary N) is 2. The van der Waals surface area contributed by atoms with E-state index >= 15 is 0 Å². The van der Waals surface area contributed by atoms with Crippen LogP contribution < -0.4 is 10.6 Å². The fourth-order valence-corrected chi connectivity index (χ4v) is 1.86. The summed E-state index contributed by atoms with van der Waals surface area (Å²) in [6.07, 6.45) is 1.73. The van der Waals surface area contributed by atoms with Crippen molar-refractivity contribution in [2.75, 3.05) is 13.1 Å². The quantitative estimate of drug-likeness (QED) is 0.794. The molecule has 0 aliphatic heterocycles. The van der Waals surface area contributed by atoms with Gasteiger partial charge in [0.25, 0.3) is 0 Å². The molecule has 1 aromatic rings. The van der Waals surface area contributed by atoms with E-state index in [0.717, 1.165) is 24.0 Å². The van der Waals surface area contributed by atoms with E-state index in [4.69, 9.17) is 0 Å². The summed E-state index contributed by atoms with van der Waals surface area (Å²) in [6.45, 7) is 7.18. The minimum absolute atomic E-state index is 0.0256. The molecular formula is C15H23FN2O. The number of halogens is 1. The topological polar surface area (TPSA) is 41.1 Å². The van der Waals surface area contributed by atoms with Gasteiger partial charge in [-0.15, -0.1) is 0 Å². The molecule has 0 heterocycles. The van der Waals surface area contributed by atoms with Crippen molar-refractivity contribution >= 4 is 5.91 Å². The van der Waals surface area contributed by atoms with Gasteiger partial charge in [0.05, 0.1) is 6.04 Å². The Hall–Kier alpha value is -1.42. The minimum Gasteiger partial charge on any atom is -0.355 e. The first-order chi connectivity index (χ1) is 9.04. The van der Waals surface area contributed by atoms with Crippen LogP contribution in [0.3, 0.4) is 0 Å². The largest absolute Gasteiger partial charge is 0.355 e. The summed E-state index contributed by atoms with van der Waals surface area (Å²) in [5.74, 6) is -0.181. The van der Waals surface area contributed by atoms with Crippen molar-refractivity contribution in [2.45, 2.75) is 39.7 Å². The van der Waals surface area contributed by atoms with E-state index in [-0.39, 0.29) is 17.8 Å². The molecule has 106 valence electrons. The summed E-state index contributed by atoms with van der Waals surface area (Å²) in [4.78, 5) is 11.6. The molecule has 1 aromatic carbocycles. The first-order valence-corrected chi connectivity index (χ1v) is 6.80. The van der Waals surface area contributed by atoms with Crippen LogP contribution in [0.1, 0.15) is 31.4 Å². The van der Waals surface area contributed by atoms with Crippen LogP contribution in [-0.2, 0) is 11.2 Å². The highest BCUT2D eigenvalue weighted by Gasteiger charge is 2.10. The van der Waals surface area contributed by atoms with Gasteiger partial charge in [-0.1, -0.05) is 13.0 Å². The Morgan fingerprint density at radius 3 is 2.74 bits per heavy atom. The van der Waals surface area contributed by atoms with Gasteiger partial charge < -0.3 is 10.6 Å². The number of carbonyl (C=O) groups is 1. The number of hydrogen-bond acceptors (Lipinski definition) is 2. The zero-order chi connectivity index (χ0) is 14.3. The zero-order valence-electron chi connectivity index (χ0n) is 11.9. The van der Waals surface area contributed by atoms with Crippen molar-refractivity contribution in [3.8, 4) is 0 Å². The SMILES string of the molecule is CCCNC(=O)C(C)NCCc1ccc(F)cc1C. The molecule has 0 aromatic heterocycles. The monoisotopic (exact) mass is 266 g/mol. The third kappa shape index (κ3) is 5.39. The molecule has 3 nitrogen and oxygen atoms in total. The van der Waals surface area contributed by atoms with Crippen LogP contribution in [0.4, 0.5) is 4.39 Å². The lowest BCUT2D eigenvalue weighted by molar-refractivity contribution is -0.122.